The number of hydrogen-bond donors (Lipinski definition) is 1. The molecule has 0 aliphatic carbocycles. The predicted octanol–water partition coefficient (Wildman–Crippen LogP) is 5.39. The minimum atomic E-state index is -0.239. The molecule has 2 rings (SSSR count). The summed E-state index contributed by atoms with van der Waals surface area (Å²) in [5, 5.41) is 3.19. The Hall–Kier alpha value is -0.870. The van der Waals surface area contributed by atoms with Crippen molar-refractivity contribution in [1.82, 2.24) is 0 Å². The third-order valence-corrected chi connectivity index (χ3v) is 3.81. The molecule has 0 fully saturated rings. The maximum absolute atomic E-state index is 13.7. The van der Waals surface area contributed by atoms with Gasteiger partial charge in [-0.2, -0.15) is 0 Å². The number of halogens is 3. The van der Waals surface area contributed by atoms with E-state index >= 15 is 0 Å². The zero-order chi connectivity index (χ0) is 13.8. The van der Waals surface area contributed by atoms with Crippen molar-refractivity contribution in [1.29, 1.82) is 0 Å². The number of nitrogens with one attached hydrogen (secondary N) is 1. The molecule has 1 atom stereocenters. The fraction of sp³-hybridized carbons (Fsp3) is 0.200. The van der Waals surface area contributed by atoms with Crippen LogP contribution in [0.3, 0.4) is 0 Å². The minimum Gasteiger partial charge on any atom is -0.380 e. The summed E-state index contributed by atoms with van der Waals surface area (Å²) in [6.07, 6.45) is 0.850. The summed E-state index contributed by atoms with van der Waals surface area (Å²) in [6.45, 7) is 2.05. The lowest BCUT2D eigenvalue weighted by atomic mass is 10.1. The number of benzene rings is 2. The second kappa shape index (κ2) is 6.53. The van der Waals surface area contributed by atoms with Gasteiger partial charge in [0.2, 0.25) is 0 Å². The van der Waals surface area contributed by atoms with Crippen LogP contribution in [0.1, 0.15) is 12.5 Å². The van der Waals surface area contributed by atoms with E-state index in [0.29, 0.717) is 5.69 Å². The molecule has 0 heterocycles. The molecule has 0 aliphatic heterocycles. The standard InChI is InChI=1S/C15H14Br2FN/c1-10(8-11-2-4-12(16)5-3-11)19-15-7-6-13(17)9-14(15)18/h2-7,9-10,19H,8H2,1H3. The SMILES string of the molecule is CC(Cc1ccc(Br)cc1)Nc1ccc(Br)cc1F. The average molecular weight is 387 g/mol. The van der Waals surface area contributed by atoms with Gasteiger partial charge in [0.25, 0.3) is 0 Å². The van der Waals surface area contributed by atoms with Gasteiger partial charge >= 0.3 is 0 Å². The maximum atomic E-state index is 13.7. The molecule has 0 spiro atoms. The zero-order valence-corrected chi connectivity index (χ0v) is 13.6. The van der Waals surface area contributed by atoms with Crippen LogP contribution < -0.4 is 5.32 Å². The summed E-state index contributed by atoms with van der Waals surface area (Å²) in [5.41, 5.74) is 1.76. The summed E-state index contributed by atoms with van der Waals surface area (Å²) in [6, 6.07) is 13.4. The Kier molecular flexibility index (Phi) is 4.99. The molecule has 0 radical (unpaired) electrons. The fourth-order valence-electron chi connectivity index (χ4n) is 1.90. The topological polar surface area (TPSA) is 12.0 Å². The molecular formula is C15H14Br2FN. The highest BCUT2D eigenvalue weighted by molar-refractivity contribution is 9.10. The molecule has 1 N–H and O–H groups in total. The van der Waals surface area contributed by atoms with E-state index in [4.69, 9.17) is 0 Å². The lowest BCUT2D eigenvalue weighted by molar-refractivity contribution is 0.625. The Bertz CT molecular complexity index is 555. The number of anilines is 1. The van der Waals surface area contributed by atoms with Crippen molar-refractivity contribution in [2.75, 3.05) is 5.32 Å². The van der Waals surface area contributed by atoms with Gasteiger partial charge in [0.15, 0.2) is 0 Å². The summed E-state index contributed by atoms with van der Waals surface area (Å²) in [7, 11) is 0. The molecule has 1 nitrogen and oxygen atoms in total. The molecule has 4 heteroatoms. The monoisotopic (exact) mass is 385 g/mol. The van der Waals surface area contributed by atoms with Gasteiger partial charge in [-0.1, -0.05) is 44.0 Å². The Morgan fingerprint density at radius 1 is 1.05 bits per heavy atom. The van der Waals surface area contributed by atoms with E-state index < -0.39 is 0 Å². The van der Waals surface area contributed by atoms with Gasteiger partial charge in [0.1, 0.15) is 5.82 Å². The van der Waals surface area contributed by atoms with Gasteiger partial charge in [-0.25, -0.2) is 4.39 Å². The molecule has 0 aromatic heterocycles. The normalized spacial score (nSPS) is 12.2. The summed E-state index contributed by atoms with van der Waals surface area (Å²) >= 11 is 6.66. The second-order valence-corrected chi connectivity index (χ2v) is 6.33. The number of hydrogen-bond acceptors (Lipinski definition) is 1. The Labute approximate surface area is 129 Å². The van der Waals surface area contributed by atoms with E-state index in [9.17, 15) is 4.39 Å². The smallest absolute Gasteiger partial charge is 0.147 e. The first-order valence-corrected chi connectivity index (χ1v) is 7.59. The van der Waals surface area contributed by atoms with Gasteiger partial charge < -0.3 is 5.32 Å². The summed E-state index contributed by atoms with van der Waals surface area (Å²) in [4.78, 5) is 0. The first-order chi connectivity index (χ1) is 9.04. The highest BCUT2D eigenvalue weighted by atomic mass is 79.9. The first kappa shape index (κ1) is 14.5. The highest BCUT2D eigenvalue weighted by Crippen LogP contribution is 2.21. The van der Waals surface area contributed by atoms with Gasteiger partial charge in [-0.3, -0.25) is 0 Å². The summed E-state index contributed by atoms with van der Waals surface area (Å²) < 4.78 is 15.5. The molecule has 19 heavy (non-hydrogen) atoms. The molecule has 2 aromatic carbocycles. The first-order valence-electron chi connectivity index (χ1n) is 6.00. The largest absolute Gasteiger partial charge is 0.380 e. The molecule has 0 aliphatic rings. The van der Waals surface area contributed by atoms with Crippen LogP contribution in [0.5, 0.6) is 0 Å². The molecular weight excluding hydrogens is 373 g/mol. The highest BCUT2D eigenvalue weighted by Gasteiger charge is 2.07. The second-order valence-electron chi connectivity index (χ2n) is 4.50. The lowest BCUT2D eigenvalue weighted by Crippen LogP contribution is -2.18. The van der Waals surface area contributed by atoms with Crippen LogP contribution in [0, 0.1) is 5.82 Å². The van der Waals surface area contributed by atoms with Crippen molar-refractivity contribution < 1.29 is 4.39 Å². The molecule has 0 saturated carbocycles. The third kappa shape index (κ3) is 4.32. The quantitative estimate of drug-likeness (QED) is 0.742. The Balaban J connectivity index is 2.01. The summed E-state index contributed by atoms with van der Waals surface area (Å²) in [5.74, 6) is -0.239. The maximum Gasteiger partial charge on any atom is 0.147 e. The zero-order valence-electron chi connectivity index (χ0n) is 10.5. The Morgan fingerprint density at radius 3 is 2.32 bits per heavy atom. The van der Waals surface area contributed by atoms with Crippen LogP contribution in [-0.2, 0) is 6.42 Å². The van der Waals surface area contributed by atoms with Crippen LogP contribution in [0.15, 0.2) is 51.4 Å². The van der Waals surface area contributed by atoms with Crippen molar-refractivity contribution in [3.8, 4) is 0 Å². The number of rotatable bonds is 4. The van der Waals surface area contributed by atoms with Crippen LogP contribution in [0.4, 0.5) is 10.1 Å². The van der Waals surface area contributed by atoms with E-state index in [-0.39, 0.29) is 11.9 Å². The fourth-order valence-corrected chi connectivity index (χ4v) is 2.49. The molecule has 1 unspecified atom stereocenters. The van der Waals surface area contributed by atoms with E-state index in [1.165, 1.54) is 11.6 Å². The van der Waals surface area contributed by atoms with E-state index in [0.717, 1.165) is 15.4 Å². The Morgan fingerprint density at radius 2 is 1.68 bits per heavy atom. The van der Waals surface area contributed by atoms with Crippen molar-refractivity contribution in [2.24, 2.45) is 0 Å². The molecule has 2 aromatic rings. The third-order valence-electron chi connectivity index (χ3n) is 2.79. The van der Waals surface area contributed by atoms with Gasteiger partial charge in [-0.05, 0) is 49.2 Å². The van der Waals surface area contributed by atoms with Crippen LogP contribution in [0.25, 0.3) is 0 Å². The van der Waals surface area contributed by atoms with Gasteiger partial charge in [0, 0.05) is 15.0 Å². The van der Waals surface area contributed by atoms with E-state index in [1.807, 2.05) is 25.1 Å². The predicted molar refractivity (Wildman–Crippen MR) is 85.0 cm³/mol. The molecule has 0 bridgehead atoms. The minimum absolute atomic E-state index is 0.164. The van der Waals surface area contributed by atoms with Crippen molar-refractivity contribution in [3.63, 3.8) is 0 Å². The van der Waals surface area contributed by atoms with Crippen LogP contribution in [0.2, 0.25) is 0 Å². The van der Waals surface area contributed by atoms with Gasteiger partial charge in [0.05, 0.1) is 5.69 Å². The van der Waals surface area contributed by atoms with E-state index in [2.05, 4.69) is 49.3 Å². The van der Waals surface area contributed by atoms with E-state index in [1.54, 1.807) is 6.07 Å². The molecule has 0 amide bonds. The van der Waals surface area contributed by atoms with Crippen LogP contribution >= 0.6 is 31.9 Å². The van der Waals surface area contributed by atoms with Crippen molar-refractivity contribution >= 4 is 37.5 Å². The average Bonchev–Trinajstić information content (AvgIpc) is 2.36. The lowest BCUT2D eigenvalue weighted by Gasteiger charge is -2.16. The van der Waals surface area contributed by atoms with Crippen molar-refractivity contribution in [3.05, 3.63) is 62.8 Å². The van der Waals surface area contributed by atoms with Gasteiger partial charge in [-0.15, -0.1) is 0 Å². The molecule has 0 saturated heterocycles. The molecule has 100 valence electrons. The van der Waals surface area contributed by atoms with Crippen LogP contribution in [-0.4, -0.2) is 6.04 Å². The van der Waals surface area contributed by atoms with Crippen molar-refractivity contribution in [2.45, 2.75) is 19.4 Å².